The maximum Gasteiger partial charge on any atom is 0.472 e. The summed E-state index contributed by atoms with van der Waals surface area (Å²) in [6.45, 7) is 14.1. The molecule has 3 N–H and O–H groups in total. The highest BCUT2D eigenvalue weighted by atomic mass is 31.2. The minimum Gasteiger partial charge on any atom is -0.462 e. The number of esters is 4. The molecule has 0 heterocycles. The second-order valence-corrected chi connectivity index (χ2v) is 33.3. The molecule has 0 rings (SSSR count). The summed E-state index contributed by atoms with van der Waals surface area (Å²) in [6, 6.07) is 0. The Morgan fingerprint density at radius 3 is 0.633 bits per heavy atom. The number of aliphatic hydroxyl groups excluding tert-OH is 1. The van der Waals surface area contributed by atoms with Gasteiger partial charge in [0.2, 0.25) is 0 Å². The highest BCUT2D eigenvalue weighted by Crippen LogP contribution is 2.45. The zero-order valence-electron chi connectivity index (χ0n) is 64.4. The fraction of sp³-hybridized carbons (Fsp3) is 0.949. The van der Waals surface area contributed by atoms with E-state index in [9.17, 15) is 43.2 Å². The molecule has 0 fully saturated rings. The molecule has 0 aromatic heterocycles. The topological polar surface area (TPSA) is 237 Å². The van der Waals surface area contributed by atoms with Crippen LogP contribution in [0.15, 0.2) is 0 Å². The first-order valence-electron chi connectivity index (χ1n) is 40.7. The molecule has 0 saturated heterocycles. The third kappa shape index (κ3) is 72.4. The smallest absolute Gasteiger partial charge is 0.462 e. The van der Waals surface area contributed by atoms with Crippen LogP contribution in [0, 0.1) is 23.7 Å². The number of carbonyl (C=O) groups excluding carboxylic acids is 4. The van der Waals surface area contributed by atoms with Gasteiger partial charge in [-0.2, -0.15) is 0 Å². The van der Waals surface area contributed by atoms with Crippen molar-refractivity contribution in [3.63, 3.8) is 0 Å². The molecule has 582 valence electrons. The van der Waals surface area contributed by atoms with Crippen LogP contribution in [0.3, 0.4) is 0 Å². The first-order valence-corrected chi connectivity index (χ1v) is 43.7. The van der Waals surface area contributed by atoms with Crippen LogP contribution in [0.4, 0.5) is 0 Å². The molecule has 98 heavy (non-hydrogen) atoms. The molecule has 0 aliphatic rings. The Kier molecular flexibility index (Phi) is 66.8. The van der Waals surface area contributed by atoms with Gasteiger partial charge < -0.3 is 33.8 Å². The lowest BCUT2D eigenvalue weighted by Crippen LogP contribution is -2.30. The van der Waals surface area contributed by atoms with Crippen molar-refractivity contribution >= 4 is 39.5 Å². The van der Waals surface area contributed by atoms with Crippen molar-refractivity contribution in [2.45, 2.75) is 420 Å². The van der Waals surface area contributed by atoms with Crippen LogP contribution in [0.1, 0.15) is 402 Å². The van der Waals surface area contributed by atoms with Crippen molar-refractivity contribution < 1.29 is 80.2 Å². The minimum absolute atomic E-state index is 0.104. The van der Waals surface area contributed by atoms with Crippen LogP contribution >= 0.6 is 15.6 Å². The van der Waals surface area contributed by atoms with Gasteiger partial charge in [-0.25, -0.2) is 9.13 Å². The van der Waals surface area contributed by atoms with E-state index in [1.165, 1.54) is 199 Å². The molecule has 0 aromatic rings. The molecule has 0 aliphatic carbocycles. The van der Waals surface area contributed by atoms with Gasteiger partial charge in [0.15, 0.2) is 12.2 Å². The zero-order valence-corrected chi connectivity index (χ0v) is 66.2. The molecular formula is C79H154O17P2. The minimum atomic E-state index is -4.96. The van der Waals surface area contributed by atoms with E-state index in [0.29, 0.717) is 37.5 Å². The van der Waals surface area contributed by atoms with Crippen LogP contribution in [-0.4, -0.2) is 96.7 Å². The molecule has 0 bridgehead atoms. The summed E-state index contributed by atoms with van der Waals surface area (Å²) < 4.78 is 68.5. The number of phosphoric ester groups is 2. The van der Waals surface area contributed by atoms with E-state index >= 15 is 0 Å². The summed E-state index contributed by atoms with van der Waals surface area (Å²) >= 11 is 0. The third-order valence-electron chi connectivity index (χ3n) is 18.3. The van der Waals surface area contributed by atoms with E-state index in [1.807, 2.05) is 0 Å². The second-order valence-electron chi connectivity index (χ2n) is 30.4. The number of hydrogen-bond donors (Lipinski definition) is 3. The molecular weight excluding hydrogens is 1280 g/mol. The fourth-order valence-corrected chi connectivity index (χ4v) is 13.7. The fourth-order valence-electron chi connectivity index (χ4n) is 12.1. The molecule has 0 saturated carbocycles. The molecule has 0 amide bonds. The molecule has 3 unspecified atom stereocenters. The SMILES string of the molecule is CC(C)CCCCCCCCCCCCCCCCCCCCC(=O)OC[C@H](COP(=O)(O)OCC(O)COP(=O)(O)OC[C@@H](COC(=O)CCCCCCCCC(C)C)OC(=O)CCCCCCCCCCCCCCCCCC(C)C)OC(=O)CCCCCCCCCC(C)C. The zero-order chi connectivity index (χ0) is 72.4. The molecule has 0 radical (unpaired) electrons. The van der Waals surface area contributed by atoms with E-state index in [-0.39, 0.29) is 25.7 Å². The van der Waals surface area contributed by atoms with Crippen molar-refractivity contribution in [3.05, 3.63) is 0 Å². The van der Waals surface area contributed by atoms with E-state index in [4.69, 9.17) is 37.0 Å². The van der Waals surface area contributed by atoms with Gasteiger partial charge in [-0.05, 0) is 49.4 Å². The number of aliphatic hydroxyl groups is 1. The number of hydrogen-bond acceptors (Lipinski definition) is 15. The van der Waals surface area contributed by atoms with Crippen molar-refractivity contribution in [3.8, 4) is 0 Å². The van der Waals surface area contributed by atoms with Crippen LogP contribution in [0.5, 0.6) is 0 Å². The molecule has 5 atom stereocenters. The first kappa shape index (κ1) is 96.1. The van der Waals surface area contributed by atoms with Gasteiger partial charge in [-0.1, -0.05) is 351 Å². The number of ether oxygens (including phenoxy) is 4. The Morgan fingerprint density at radius 2 is 0.429 bits per heavy atom. The monoisotopic (exact) mass is 1440 g/mol. The van der Waals surface area contributed by atoms with Gasteiger partial charge in [-0.15, -0.1) is 0 Å². The van der Waals surface area contributed by atoms with Crippen molar-refractivity contribution in [1.29, 1.82) is 0 Å². The van der Waals surface area contributed by atoms with Crippen LogP contribution in [-0.2, 0) is 65.4 Å². The Bertz CT molecular complexity index is 1920. The van der Waals surface area contributed by atoms with E-state index < -0.39 is 97.5 Å². The quantitative estimate of drug-likeness (QED) is 0.0222. The summed E-state index contributed by atoms with van der Waals surface area (Å²) in [5.74, 6) is 0.878. The maximum absolute atomic E-state index is 13.1. The number of carbonyl (C=O) groups is 4. The highest BCUT2D eigenvalue weighted by molar-refractivity contribution is 7.47. The average Bonchev–Trinajstić information content (AvgIpc) is 1.04. The Balaban J connectivity index is 5.12. The number of phosphoric acid groups is 2. The lowest BCUT2D eigenvalue weighted by atomic mass is 10.0. The molecule has 0 aromatic carbocycles. The molecule has 0 spiro atoms. The first-order chi connectivity index (χ1) is 47.1. The van der Waals surface area contributed by atoms with Gasteiger partial charge in [0.05, 0.1) is 26.4 Å². The van der Waals surface area contributed by atoms with Gasteiger partial charge in [0.25, 0.3) is 0 Å². The Labute approximate surface area is 600 Å². The second kappa shape index (κ2) is 68.2. The Hall–Kier alpha value is -1.94. The summed E-state index contributed by atoms with van der Waals surface area (Å²) in [6.07, 6.45) is 54.6. The Morgan fingerprint density at radius 1 is 0.255 bits per heavy atom. The lowest BCUT2D eigenvalue weighted by Gasteiger charge is -2.21. The molecule has 19 heteroatoms. The van der Waals surface area contributed by atoms with Gasteiger partial charge in [0.1, 0.15) is 19.3 Å². The van der Waals surface area contributed by atoms with Crippen molar-refractivity contribution in [1.82, 2.24) is 0 Å². The van der Waals surface area contributed by atoms with Gasteiger partial charge in [-0.3, -0.25) is 37.3 Å². The van der Waals surface area contributed by atoms with Crippen LogP contribution in [0.25, 0.3) is 0 Å². The predicted octanol–water partition coefficient (Wildman–Crippen LogP) is 23.2. The standard InChI is InChI=1S/C79H154O17P2/c1-69(2)55-47-39-31-26-22-18-14-11-9-10-12-16-20-24-28-34-43-51-59-76(81)89-65-74(96-79(84)62-54-46-36-30-33-41-49-57-71(5)6)67-93-97(85,86)91-63-73(80)64-92-98(87,88)94-68-75(66-90-77(82)60-52-44-38-37-42-50-58-72(7)8)95-78(83)61-53-45-35-29-25-21-17-13-15-19-23-27-32-40-48-56-70(3)4/h69-75,80H,9-68H2,1-8H3,(H,85,86)(H,87,88)/t73?,74-,75-/m1/s1. The summed E-state index contributed by atoms with van der Waals surface area (Å²) in [5.41, 5.74) is 0. The van der Waals surface area contributed by atoms with E-state index in [1.54, 1.807) is 0 Å². The molecule has 0 aliphatic heterocycles. The summed E-state index contributed by atoms with van der Waals surface area (Å²) in [5, 5.41) is 10.6. The van der Waals surface area contributed by atoms with Gasteiger partial charge in [0, 0.05) is 25.7 Å². The summed E-state index contributed by atoms with van der Waals surface area (Å²) in [7, 11) is -9.91. The van der Waals surface area contributed by atoms with E-state index in [2.05, 4.69) is 55.4 Å². The summed E-state index contributed by atoms with van der Waals surface area (Å²) in [4.78, 5) is 72.8. The lowest BCUT2D eigenvalue weighted by molar-refractivity contribution is -0.161. The highest BCUT2D eigenvalue weighted by Gasteiger charge is 2.30. The maximum atomic E-state index is 13.1. The van der Waals surface area contributed by atoms with Gasteiger partial charge >= 0.3 is 39.5 Å². The third-order valence-corrected chi connectivity index (χ3v) is 20.2. The van der Waals surface area contributed by atoms with Crippen LogP contribution in [0.2, 0.25) is 0 Å². The van der Waals surface area contributed by atoms with Crippen LogP contribution < -0.4 is 0 Å². The van der Waals surface area contributed by atoms with E-state index in [0.717, 1.165) is 108 Å². The van der Waals surface area contributed by atoms with Crippen molar-refractivity contribution in [2.75, 3.05) is 39.6 Å². The normalized spacial score (nSPS) is 14.1. The predicted molar refractivity (Wildman–Crippen MR) is 400 cm³/mol. The number of rotatable bonds is 76. The largest absolute Gasteiger partial charge is 0.472 e. The van der Waals surface area contributed by atoms with Crippen molar-refractivity contribution in [2.24, 2.45) is 23.7 Å². The molecule has 17 nitrogen and oxygen atoms in total. The average molecular weight is 1440 g/mol. The number of unbranched alkanes of at least 4 members (excludes halogenated alkanes) is 42.